The fourth-order valence-corrected chi connectivity index (χ4v) is 6.34. The maximum absolute atomic E-state index is 12.9. The van der Waals surface area contributed by atoms with Gasteiger partial charge in [0.2, 0.25) is 5.71 Å². The molecule has 2 aromatic heterocycles. The molecule has 0 aromatic carbocycles. The first-order valence-corrected chi connectivity index (χ1v) is 12.2. The highest BCUT2D eigenvalue weighted by atomic mass is 16.6. The largest absolute Gasteiger partial charge is 0.441 e. The minimum Gasteiger partial charge on any atom is -0.441 e. The highest BCUT2D eigenvalue weighted by molar-refractivity contribution is 5.90. The Labute approximate surface area is 195 Å². The molecule has 4 bridgehead atoms. The van der Waals surface area contributed by atoms with Crippen LogP contribution in [0.3, 0.4) is 0 Å². The summed E-state index contributed by atoms with van der Waals surface area (Å²) in [4.78, 5) is 51.2. The Morgan fingerprint density at radius 2 is 2.06 bits per heavy atom. The number of ether oxygens (including phenoxy) is 1. The lowest BCUT2D eigenvalue weighted by Gasteiger charge is -2.29. The van der Waals surface area contributed by atoms with E-state index in [1.165, 1.54) is 38.2 Å². The van der Waals surface area contributed by atoms with E-state index >= 15 is 0 Å². The lowest BCUT2D eigenvalue weighted by molar-refractivity contribution is 0.0397. The van der Waals surface area contributed by atoms with Crippen LogP contribution in [0.5, 0.6) is 6.01 Å². The van der Waals surface area contributed by atoms with Crippen LogP contribution in [0.2, 0.25) is 0 Å². The molecule has 0 spiro atoms. The molecule has 4 aliphatic rings. The van der Waals surface area contributed by atoms with Crippen LogP contribution in [0.4, 0.5) is 4.79 Å². The van der Waals surface area contributed by atoms with Gasteiger partial charge < -0.3 is 14.0 Å². The Hall–Kier alpha value is -3.17. The number of piperidine rings is 1. The van der Waals surface area contributed by atoms with E-state index in [1.807, 2.05) is 6.92 Å². The molecule has 34 heavy (non-hydrogen) atoms. The number of H-pyrrole nitrogens is 1. The number of rotatable bonds is 5. The number of nitrogens with zero attached hydrogens (tertiary/aromatic N) is 3. The number of hydrogen-bond acceptors (Lipinski definition) is 8. The highest BCUT2D eigenvalue weighted by Crippen LogP contribution is 2.48. The van der Waals surface area contributed by atoms with E-state index in [-0.39, 0.29) is 29.9 Å². The van der Waals surface area contributed by atoms with Crippen LogP contribution in [0.1, 0.15) is 70.3 Å². The van der Waals surface area contributed by atoms with E-state index in [0.29, 0.717) is 36.1 Å². The molecular formula is C24H28N4O6. The molecule has 10 nitrogen and oxygen atoms in total. The van der Waals surface area contributed by atoms with Gasteiger partial charge in [-0.2, -0.15) is 4.98 Å². The van der Waals surface area contributed by atoms with Crippen molar-refractivity contribution in [2.75, 3.05) is 0 Å². The number of oxime groups is 1. The molecule has 1 aliphatic carbocycles. The molecular weight excluding hydrogens is 440 g/mol. The summed E-state index contributed by atoms with van der Waals surface area (Å²) in [7, 11) is 0. The predicted octanol–water partition coefficient (Wildman–Crippen LogP) is 3.27. The summed E-state index contributed by atoms with van der Waals surface area (Å²) in [5.41, 5.74) is -0.0425. The minimum atomic E-state index is -0.534. The number of aromatic amines is 1. The molecule has 3 unspecified atom stereocenters. The van der Waals surface area contributed by atoms with Crippen LogP contribution >= 0.6 is 0 Å². The molecule has 5 heterocycles. The van der Waals surface area contributed by atoms with Gasteiger partial charge in [-0.25, -0.2) is 9.59 Å². The molecule has 3 aliphatic heterocycles. The molecule has 4 fully saturated rings. The van der Waals surface area contributed by atoms with Crippen LogP contribution < -0.4 is 16.0 Å². The fourth-order valence-electron chi connectivity index (χ4n) is 6.34. The summed E-state index contributed by atoms with van der Waals surface area (Å²) in [6, 6.07) is 1.25. The number of aryl methyl sites for hydroxylation is 1. The molecule has 6 rings (SSSR count). The van der Waals surface area contributed by atoms with E-state index in [2.05, 4.69) is 15.1 Å². The SMILES string of the molecule is CC12CC3C/C(=N/Oc4nc5oc(=O)cc(CCC6CCCCC6)c5c(=O)[nH]4)CC1N3C(=O)O2. The van der Waals surface area contributed by atoms with Gasteiger partial charge in [0.1, 0.15) is 11.0 Å². The Kier molecular flexibility index (Phi) is 5.00. The first-order valence-electron chi connectivity index (χ1n) is 12.2. The second-order valence-corrected chi connectivity index (χ2v) is 10.3. The summed E-state index contributed by atoms with van der Waals surface area (Å²) in [6.07, 6.45) is 9.38. The van der Waals surface area contributed by atoms with Crippen molar-refractivity contribution < 1.29 is 18.8 Å². The second-order valence-electron chi connectivity index (χ2n) is 10.3. The monoisotopic (exact) mass is 468 g/mol. The van der Waals surface area contributed by atoms with Crippen LogP contribution in [0, 0.1) is 5.92 Å². The standard InChI is InChI=1S/C24H28N4O6/c1-24-12-16-10-15(11-17(24)28(16)23(31)33-24)27-34-22-25-20(30)19-14(9-18(29)32-21(19)26-22)8-7-13-5-3-2-4-6-13/h9,13,16-17H,2-8,10-12H2,1H3,(H,25,26,30)/b27-15-. The van der Waals surface area contributed by atoms with Crippen molar-refractivity contribution in [1.82, 2.24) is 14.9 Å². The topological polar surface area (TPSA) is 127 Å². The van der Waals surface area contributed by atoms with E-state index in [0.717, 1.165) is 18.6 Å². The average Bonchev–Trinajstić information content (AvgIpc) is 3.15. The van der Waals surface area contributed by atoms with Gasteiger partial charge in [-0.05, 0) is 31.2 Å². The van der Waals surface area contributed by atoms with Crippen molar-refractivity contribution in [3.63, 3.8) is 0 Å². The van der Waals surface area contributed by atoms with Gasteiger partial charge >= 0.3 is 17.7 Å². The Bertz CT molecular complexity index is 1290. The summed E-state index contributed by atoms with van der Waals surface area (Å²) in [5, 5.41) is 4.50. The molecule has 3 atom stereocenters. The summed E-state index contributed by atoms with van der Waals surface area (Å²) in [6.45, 7) is 1.95. The van der Waals surface area contributed by atoms with Crippen LogP contribution in [0.15, 0.2) is 25.2 Å². The Balaban J connectivity index is 1.22. The maximum Gasteiger partial charge on any atom is 0.411 e. The number of aromatic nitrogens is 2. The molecule has 2 aromatic rings. The highest BCUT2D eigenvalue weighted by Gasteiger charge is 2.63. The molecule has 3 saturated heterocycles. The van der Waals surface area contributed by atoms with Crippen LogP contribution in [-0.2, 0) is 11.2 Å². The fraction of sp³-hybridized carbons (Fsp3) is 0.625. The molecule has 0 radical (unpaired) electrons. The number of carbonyl (C=O) groups excluding carboxylic acids is 1. The quantitative estimate of drug-likeness (QED) is 0.667. The number of fused-ring (bicyclic) bond motifs is 1. The third kappa shape index (κ3) is 3.59. The van der Waals surface area contributed by atoms with Gasteiger partial charge in [0.05, 0.1) is 11.8 Å². The summed E-state index contributed by atoms with van der Waals surface area (Å²) in [5.74, 6) is 0.627. The van der Waals surface area contributed by atoms with Crippen molar-refractivity contribution in [1.29, 1.82) is 0 Å². The normalized spacial score (nSPS) is 29.7. The van der Waals surface area contributed by atoms with Gasteiger partial charge in [0.25, 0.3) is 5.56 Å². The van der Waals surface area contributed by atoms with Crippen molar-refractivity contribution in [3.05, 3.63) is 32.4 Å². The van der Waals surface area contributed by atoms with E-state index in [9.17, 15) is 14.4 Å². The first kappa shape index (κ1) is 21.4. The van der Waals surface area contributed by atoms with Crippen LogP contribution in [-0.4, -0.2) is 44.4 Å². The summed E-state index contributed by atoms with van der Waals surface area (Å²) < 4.78 is 10.7. The number of amides is 1. The minimum absolute atomic E-state index is 0.0375. The van der Waals surface area contributed by atoms with Crippen LogP contribution in [0.25, 0.3) is 11.1 Å². The summed E-state index contributed by atoms with van der Waals surface area (Å²) >= 11 is 0. The lowest BCUT2D eigenvalue weighted by Crippen LogP contribution is -2.44. The zero-order valence-electron chi connectivity index (χ0n) is 19.2. The van der Waals surface area contributed by atoms with E-state index in [4.69, 9.17) is 14.0 Å². The first-order chi connectivity index (χ1) is 16.4. The lowest BCUT2D eigenvalue weighted by atomic mass is 9.85. The maximum atomic E-state index is 12.9. The molecule has 1 saturated carbocycles. The Morgan fingerprint density at radius 3 is 2.85 bits per heavy atom. The van der Waals surface area contributed by atoms with Gasteiger partial charge in [-0.3, -0.25) is 14.7 Å². The van der Waals surface area contributed by atoms with Gasteiger partial charge in [0.15, 0.2) is 0 Å². The van der Waals surface area contributed by atoms with Crippen molar-refractivity contribution >= 4 is 22.9 Å². The van der Waals surface area contributed by atoms with E-state index in [1.54, 1.807) is 4.90 Å². The van der Waals surface area contributed by atoms with Crippen molar-refractivity contribution in [2.24, 2.45) is 11.1 Å². The number of hydrogen-bond donors (Lipinski definition) is 1. The smallest absolute Gasteiger partial charge is 0.411 e. The molecule has 1 amide bonds. The molecule has 10 heteroatoms. The van der Waals surface area contributed by atoms with E-state index < -0.39 is 16.8 Å². The number of carbonyl (C=O) groups is 1. The average molecular weight is 469 g/mol. The van der Waals surface area contributed by atoms with Crippen molar-refractivity contribution in [2.45, 2.75) is 88.8 Å². The van der Waals surface area contributed by atoms with Gasteiger partial charge in [-0.15, -0.1) is 0 Å². The predicted molar refractivity (Wildman–Crippen MR) is 122 cm³/mol. The van der Waals surface area contributed by atoms with Gasteiger partial charge in [0, 0.05) is 31.4 Å². The van der Waals surface area contributed by atoms with Gasteiger partial charge in [-0.1, -0.05) is 37.3 Å². The molecule has 180 valence electrons. The molecule has 1 N–H and O–H groups in total. The Morgan fingerprint density at radius 1 is 1.24 bits per heavy atom. The van der Waals surface area contributed by atoms with Crippen molar-refractivity contribution in [3.8, 4) is 6.01 Å². The second kappa shape index (κ2) is 7.95. The third-order valence-electron chi connectivity index (χ3n) is 7.99. The zero-order chi connectivity index (χ0) is 23.4. The zero-order valence-corrected chi connectivity index (χ0v) is 19.2. The third-order valence-corrected chi connectivity index (χ3v) is 7.99. The number of nitrogens with one attached hydrogen (secondary N) is 1.